The highest BCUT2D eigenvalue weighted by Gasteiger charge is 1.98. The quantitative estimate of drug-likeness (QED) is 0.327. The van der Waals surface area contributed by atoms with Crippen LogP contribution < -0.4 is 22.5 Å². The van der Waals surface area contributed by atoms with Crippen molar-refractivity contribution in [1.29, 1.82) is 0 Å². The summed E-state index contributed by atoms with van der Waals surface area (Å²) in [5.74, 6) is -0.219. The van der Waals surface area contributed by atoms with Crippen molar-refractivity contribution >= 4 is 17.8 Å². The van der Waals surface area contributed by atoms with Crippen molar-refractivity contribution in [3.8, 4) is 0 Å². The molecule has 0 aliphatic rings. The maximum absolute atomic E-state index is 11.1. The van der Waals surface area contributed by atoms with E-state index < -0.39 is 0 Å². The SMILES string of the molecule is CCCNC(=O)CCN=C(N)N=C(N)N. The van der Waals surface area contributed by atoms with Gasteiger partial charge >= 0.3 is 0 Å². The highest BCUT2D eigenvalue weighted by molar-refractivity contribution is 5.92. The topological polar surface area (TPSA) is 132 Å². The van der Waals surface area contributed by atoms with Crippen LogP contribution in [0, 0.1) is 0 Å². The van der Waals surface area contributed by atoms with E-state index in [1.165, 1.54) is 0 Å². The number of carbonyl (C=O) groups is 1. The third kappa shape index (κ3) is 8.54. The van der Waals surface area contributed by atoms with Crippen molar-refractivity contribution in [2.45, 2.75) is 19.8 Å². The number of hydrogen-bond acceptors (Lipinski definition) is 2. The average Bonchev–Trinajstić information content (AvgIpc) is 2.13. The van der Waals surface area contributed by atoms with E-state index >= 15 is 0 Å². The monoisotopic (exact) mass is 214 g/mol. The fourth-order valence-corrected chi connectivity index (χ4v) is 0.792. The van der Waals surface area contributed by atoms with Gasteiger partial charge in [0.05, 0.1) is 6.54 Å². The number of guanidine groups is 2. The third-order valence-electron chi connectivity index (χ3n) is 1.43. The molecule has 0 atom stereocenters. The molecule has 0 aliphatic heterocycles. The van der Waals surface area contributed by atoms with E-state index in [4.69, 9.17) is 17.2 Å². The summed E-state index contributed by atoms with van der Waals surface area (Å²) < 4.78 is 0. The number of hydrogen-bond donors (Lipinski definition) is 4. The van der Waals surface area contributed by atoms with Crippen molar-refractivity contribution in [2.24, 2.45) is 27.2 Å². The fraction of sp³-hybridized carbons (Fsp3) is 0.625. The zero-order chi connectivity index (χ0) is 11.7. The van der Waals surface area contributed by atoms with Gasteiger partial charge in [-0.3, -0.25) is 9.79 Å². The van der Waals surface area contributed by atoms with Gasteiger partial charge in [-0.25, -0.2) is 0 Å². The molecule has 0 bridgehead atoms. The smallest absolute Gasteiger partial charge is 0.221 e. The van der Waals surface area contributed by atoms with Crippen molar-refractivity contribution in [3.05, 3.63) is 0 Å². The summed E-state index contributed by atoms with van der Waals surface area (Å²) in [6, 6.07) is 0. The maximum Gasteiger partial charge on any atom is 0.221 e. The second-order valence-corrected chi connectivity index (χ2v) is 2.88. The summed E-state index contributed by atoms with van der Waals surface area (Å²) in [5.41, 5.74) is 15.5. The Morgan fingerprint density at radius 1 is 1.33 bits per heavy atom. The number of nitrogens with one attached hydrogen (secondary N) is 1. The first kappa shape index (κ1) is 13.2. The van der Waals surface area contributed by atoms with Crippen LogP contribution in [-0.2, 0) is 4.79 Å². The first-order valence-electron chi connectivity index (χ1n) is 4.72. The van der Waals surface area contributed by atoms with Gasteiger partial charge in [0.1, 0.15) is 0 Å². The minimum absolute atomic E-state index is 0.0155. The summed E-state index contributed by atoms with van der Waals surface area (Å²) in [6.45, 7) is 2.93. The van der Waals surface area contributed by atoms with Gasteiger partial charge in [-0.15, -0.1) is 0 Å². The lowest BCUT2D eigenvalue weighted by atomic mass is 10.4. The van der Waals surface area contributed by atoms with Crippen LogP contribution in [0.15, 0.2) is 9.98 Å². The van der Waals surface area contributed by atoms with Gasteiger partial charge in [-0.05, 0) is 6.42 Å². The molecule has 0 aromatic heterocycles. The van der Waals surface area contributed by atoms with E-state index in [2.05, 4.69) is 15.3 Å². The summed E-state index contributed by atoms with van der Waals surface area (Å²) in [7, 11) is 0. The normalized spacial score (nSPS) is 10.9. The highest BCUT2D eigenvalue weighted by Crippen LogP contribution is 1.83. The number of amides is 1. The Morgan fingerprint density at radius 2 is 2.00 bits per heavy atom. The van der Waals surface area contributed by atoms with Crippen LogP contribution in [0.2, 0.25) is 0 Å². The van der Waals surface area contributed by atoms with Crippen molar-refractivity contribution < 1.29 is 4.79 Å². The van der Waals surface area contributed by atoms with Gasteiger partial charge in [0, 0.05) is 13.0 Å². The first-order valence-corrected chi connectivity index (χ1v) is 4.72. The van der Waals surface area contributed by atoms with Gasteiger partial charge in [-0.1, -0.05) is 6.92 Å². The summed E-state index contributed by atoms with van der Waals surface area (Å²) in [6.07, 6.45) is 1.19. The molecule has 7 nitrogen and oxygen atoms in total. The second kappa shape index (κ2) is 7.60. The third-order valence-corrected chi connectivity index (χ3v) is 1.43. The lowest BCUT2D eigenvalue weighted by Crippen LogP contribution is -2.27. The molecule has 86 valence electrons. The molecule has 0 radical (unpaired) electrons. The van der Waals surface area contributed by atoms with E-state index in [1.54, 1.807) is 0 Å². The van der Waals surface area contributed by atoms with Gasteiger partial charge in [0.25, 0.3) is 0 Å². The number of aliphatic imine (C=N–C) groups is 2. The van der Waals surface area contributed by atoms with Gasteiger partial charge in [0.15, 0.2) is 5.96 Å². The molecule has 0 aromatic carbocycles. The van der Waals surface area contributed by atoms with Gasteiger partial charge in [0.2, 0.25) is 11.9 Å². The average molecular weight is 214 g/mol. The van der Waals surface area contributed by atoms with Crippen LogP contribution in [0.1, 0.15) is 19.8 Å². The molecule has 0 saturated carbocycles. The molecular weight excluding hydrogens is 196 g/mol. The van der Waals surface area contributed by atoms with Crippen LogP contribution in [0.3, 0.4) is 0 Å². The summed E-state index contributed by atoms with van der Waals surface area (Å²) in [5, 5.41) is 2.71. The second-order valence-electron chi connectivity index (χ2n) is 2.88. The Morgan fingerprint density at radius 3 is 2.53 bits per heavy atom. The summed E-state index contributed by atoms with van der Waals surface area (Å²) in [4.78, 5) is 18.4. The van der Waals surface area contributed by atoms with E-state index in [1.807, 2.05) is 6.92 Å². The molecule has 15 heavy (non-hydrogen) atoms. The molecule has 1 amide bonds. The van der Waals surface area contributed by atoms with E-state index in [0.29, 0.717) is 6.54 Å². The van der Waals surface area contributed by atoms with Crippen LogP contribution >= 0.6 is 0 Å². The fourth-order valence-electron chi connectivity index (χ4n) is 0.792. The van der Waals surface area contributed by atoms with E-state index in [0.717, 1.165) is 6.42 Å². The molecule has 0 aliphatic carbocycles. The molecule has 7 N–H and O–H groups in total. The largest absolute Gasteiger partial charge is 0.370 e. The number of nitrogens with two attached hydrogens (primary N) is 3. The Hall–Kier alpha value is -1.79. The molecule has 0 aromatic rings. The predicted molar refractivity (Wildman–Crippen MR) is 60.2 cm³/mol. The van der Waals surface area contributed by atoms with E-state index in [9.17, 15) is 4.79 Å². The molecule has 0 rings (SSSR count). The van der Waals surface area contributed by atoms with Crippen molar-refractivity contribution in [2.75, 3.05) is 13.1 Å². The lowest BCUT2D eigenvalue weighted by molar-refractivity contribution is -0.120. The lowest BCUT2D eigenvalue weighted by Gasteiger charge is -2.00. The number of nitrogens with zero attached hydrogens (tertiary/aromatic N) is 2. The van der Waals surface area contributed by atoms with Crippen LogP contribution in [0.4, 0.5) is 0 Å². The maximum atomic E-state index is 11.1. The van der Waals surface area contributed by atoms with Crippen LogP contribution in [0.5, 0.6) is 0 Å². The molecule has 7 heteroatoms. The standard InChI is InChI=1S/C8H18N6O/c1-2-4-12-6(15)3-5-13-8(11)14-7(9)10/h2-5H2,1H3,(H,12,15)(H6,9,10,11,13,14). The first-order chi connectivity index (χ1) is 7.06. The van der Waals surface area contributed by atoms with Crippen LogP contribution in [0.25, 0.3) is 0 Å². The molecule has 0 saturated heterocycles. The Kier molecular flexibility index (Phi) is 6.69. The van der Waals surface area contributed by atoms with Gasteiger partial charge < -0.3 is 22.5 Å². The van der Waals surface area contributed by atoms with Crippen LogP contribution in [-0.4, -0.2) is 30.9 Å². The molecular formula is C8H18N6O. The van der Waals surface area contributed by atoms with Crippen molar-refractivity contribution in [3.63, 3.8) is 0 Å². The Balaban J connectivity index is 3.77. The zero-order valence-electron chi connectivity index (χ0n) is 8.86. The Bertz CT molecular complexity index is 256. The molecule has 0 spiro atoms. The Labute approximate surface area is 88.8 Å². The molecule has 0 heterocycles. The zero-order valence-corrected chi connectivity index (χ0v) is 8.86. The predicted octanol–water partition coefficient (Wildman–Crippen LogP) is -1.51. The molecule has 0 fully saturated rings. The highest BCUT2D eigenvalue weighted by atomic mass is 16.1. The summed E-state index contributed by atoms with van der Waals surface area (Å²) >= 11 is 0. The van der Waals surface area contributed by atoms with Gasteiger partial charge in [-0.2, -0.15) is 4.99 Å². The van der Waals surface area contributed by atoms with Crippen molar-refractivity contribution in [1.82, 2.24) is 5.32 Å². The molecule has 0 unspecified atom stereocenters. The minimum Gasteiger partial charge on any atom is -0.370 e. The van der Waals surface area contributed by atoms with E-state index in [-0.39, 0.29) is 30.8 Å². The minimum atomic E-state index is -0.147. The number of carbonyl (C=O) groups excluding carboxylic acids is 1. The number of rotatable bonds is 5.